The molecule has 5 nitrogen and oxygen atoms in total. The van der Waals surface area contributed by atoms with Gasteiger partial charge in [-0.05, 0) is 11.0 Å². The van der Waals surface area contributed by atoms with Crippen molar-refractivity contribution in [1.29, 1.82) is 0 Å². The van der Waals surface area contributed by atoms with Crippen LogP contribution in [0.2, 0.25) is 0 Å². The molecule has 2 rings (SSSR count). The Morgan fingerprint density at radius 3 is 2.29 bits per heavy atom. The Bertz CT molecular complexity index is 719. The van der Waals surface area contributed by atoms with Crippen LogP contribution in [-0.4, -0.2) is 6.09 Å². The fraction of sp³-hybridized carbons (Fsp3) is 0.312. The summed E-state index contributed by atoms with van der Waals surface area (Å²) in [7, 11) is 0. The molecule has 21 heavy (non-hydrogen) atoms. The second-order valence-electron chi connectivity index (χ2n) is 5.84. The Hall–Kier alpha value is -2.43. The highest BCUT2D eigenvalue weighted by Gasteiger charge is 2.31. The predicted molar refractivity (Wildman–Crippen MR) is 80.3 cm³/mol. The number of carbonyl (C=O) groups is 1. The summed E-state index contributed by atoms with van der Waals surface area (Å²) in [5, 5.41) is 2.37. The summed E-state index contributed by atoms with van der Waals surface area (Å²) in [4.78, 5) is 34.8. The molecule has 0 unspecified atom stereocenters. The average molecular weight is 287 g/mol. The zero-order valence-electron chi connectivity index (χ0n) is 12.2. The molecule has 0 atom stereocenters. The third-order valence-corrected chi connectivity index (χ3v) is 3.10. The van der Waals surface area contributed by atoms with Gasteiger partial charge in [0.2, 0.25) is 10.9 Å². The van der Waals surface area contributed by atoms with Crippen molar-refractivity contribution in [1.82, 2.24) is 0 Å². The SMILES string of the molecule is CC(C)(C)c1c(NC(=O)OCc2ccccc2)c(=O)c1=O. The summed E-state index contributed by atoms with van der Waals surface area (Å²) in [6.45, 7) is 5.53. The maximum atomic E-state index is 11.7. The summed E-state index contributed by atoms with van der Waals surface area (Å²) in [6, 6.07) is 9.19. The highest BCUT2D eigenvalue weighted by molar-refractivity contribution is 5.87. The van der Waals surface area contributed by atoms with Gasteiger partial charge in [0.25, 0.3) is 0 Å². The van der Waals surface area contributed by atoms with Crippen LogP contribution < -0.4 is 16.2 Å². The third kappa shape index (κ3) is 3.18. The van der Waals surface area contributed by atoms with Gasteiger partial charge in [-0.2, -0.15) is 0 Å². The lowest BCUT2D eigenvalue weighted by atomic mass is 9.82. The van der Waals surface area contributed by atoms with Crippen LogP contribution in [0, 0.1) is 0 Å². The second-order valence-corrected chi connectivity index (χ2v) is 5.84. The summed E-state index contributed by atoms with van der Waals surface area (Å²) in [5.74, 6) is 0. The van der Waals surface area contributed by atoms with Crippen molar-refractivity contribution in [2.75, 3.05) is 5.32 Å². The first-order chi connectivity index (χ1) is 9.80. The van der Waals surface area contributed by atoms with Gasteiger partial charge in [-0.3, -0.25) is 14.9 Å². The molecule has 0 heterocycles. The number of nitrogens with one attached hydrogen (secondary N) is 1. The first-order valence-electron chi connectivity index (χ1n) is 6.62. The van der Waals surface area contributed by atoms with Gasteiger partial charge in [0.05, 0.1) is 0 Å². The van der Waals surface area contributed by atoms with E-state index in [1.807, 2.05) is 51.1 Å². The van der Waals surface area contributed by atoms with Gasteiger partial charge < -0.3 is 4.74 Å². The fourth-order valence-corrected chi connectivity index (χ4v) is 2.09. The highest BCUT2D eigenvalue weighted by atomic mass is 16.5. The molecule has 0 aromatic heterocycles. The molecule has 0 bridgehead atoms. The number of hydrogen-bond acceptors (Lipinski definition) is 4. The van der Waals surface area contributed by atoms with Gasteiger partial charge in [-0.15, -0.1) is 0 Å². The molecule has 0 spiro atoms. The van der Waals surface area contributed by atoms with E-state index in [0.29, 0.717) is 5.56 Å². The van der Waals surface area contributed by atoms with E-state index >= 15 is 0 Å². The minimum Gasteiger partial charge on any atom is -0.444 e. The van der Waals surface area contributed by atoms with Crippen LogP contribution in [0.25, 0.3) is 0 Å². The lowest BCUT2D eigenvalue weighted by Gasteiger charge is -2.23. The molecular formula is C16H17NO4. The quantitative estimate of drug-likeness (QED) is 0.879. The van der Waals surface area contributed by atoms with E-state index in [1.54, 1.807) is 0 Å². The van der Waals surface area contributed by atoms with Crippen LogP contribution in [0.1, 0.15) is 31.9 Å². The summed E-state index contributed by atoms with van der Waals surface area (Å²) in [5.41, 5.74) is -0.478. The van der Waals surface area contributed by atoms with Gasteiger partial charge in [0.15, 0.2) is 0 Å². The van der Waals surface area contributed by atoms with Crippen molar-refractivity contribution in [3.8, 4) is 0 Å². The van der Waals surface area contributed by atoms with Crippen LogP contribution >= 0.6 is 0 Å². The molecular weight excluding hydrogens is 270 g/mol. The Kier molecular flexibility index (Phi) is 3.93. The minimum atomic E-state index is -0.739. The van der Waals surface area contributed by atoms with E-state index in [0.717, 1.165) is 5.56 Å². The first kappa shape index (κ1) is 15.0. The topological polar surface area (TPSA) is 72.5 Å². The Morgan fingerprint density at radius 2 is 1.71 bits per heavy atom. The van der Waals surface area contributed by atoms with Crippen LogP contribution in [0.3, 0.4) is 0 Å². The number of benzene rings is 1. The third-order valence-electron chi connectivity index (χ3n) is 3.10. The van der Waals surface area contributed by atoms with Gasteiger partial charge in [-0.1, -0.05) is 51.1 Å². The van der Waals surface area contributed by atoms with Gasteiger partial charge in [0.1, 0.15) is 12.3 Å². The molecule has 5 heteroatoms. The molecule has 0 aliphatic carbocycles. The van der Waals surface area contributed by atoms with E-state index in [-0.39, 0.29) is 12.3 Å². The largest absolute Gasteiger partial charge is 0.444 e. The number of rotatable bonds is 3. The van der Waals surface area contributed by atoms with Crippen molar-refractivity contribution >= 4 is 11.8 Å². The van der Waals surface area contributed by atoms with Crippen LogP contribution in [0.4, 0.5) is 10.5 Å². The Labute approximate surface area is 122 Å². The zero-order valence-corrected chi connectivity index (χ0v) is 12.2. The van der Waals surface area contributed by atoms with Crippen molar-refractivity contribution in [3.63, 3.8) is 0 Å². The second kappa shape index (κ2) is 5.52. The number of hydrogen-bond donors (Lipinski definition) is 1. The summed E-state index contributed by atoms with van der Waals surface area (Å²) < 4.78 is 5.03. The molecule has 0 saturated heterocycles. The predicted octanol–water partition coefficient (Wildman–Crippen LogP) is 2.33. The molecule has 0 aliphatic rings. The number of ether oxygens (including phenoxy) is 1. The van der Waals surface area contributed by atoms with E-state index in [4.69, 9.17) is 4.74 Å². The van der Waals surface area contributed by atoms with Gasteiger partial charge in [-0.25, -0.2) is 4.79 Å². The van der Waals surface area contributed by atoms with E-state index in [1.165, 1.54) is 0 Å². The monoisotopic (exact) mass is 287 g/mol. The molecule has 0 aliphatic heterocycles. The minimum absolute atomic E-state index is 0.0468. The molecule has 0 fully saturated rings. The van der Waals surface area contributed by atoms with Gasteiger partial charge in [0, 0.05) is 5.56 Å². The van der Waals surface area contributed by atoms with Crippen molar-refractivity contribution in [2.45, 2.75) is 32.8 Å². The first-order valence-corrected chi connectivity index (χ1v) is 6.62. The summed E-state index contributed by atoms with van der Waals surface area (Å²) in [6.07, 6.45) is -0.739. The smallest absolute Gasteiger partial charge is 0.412 e. The molecule has 0 saturated carbocycles. The average Bonchev–Trinajstić information content (AvgIpc) is 2.44. The molecule has 2 aromatic rings. The number of anilines is 1. The lowest BCUT2D eigenvalue weighted by Crippen LogP contribution is -2.44. The lowest BCUT2D eigenvalue weighted by molar-refractivity contribution is 0.155. The number of carbonyl (C=O) groups excluding carboxylic acids is 1. The Balaban J connectivity index is 2.03. The molecule has 110 valence electrons. The van der Waals surface area contributed by atoms with Crippen LogP contribution in [0.15, 0.2) is 39.9 Å². The van der Waals surface area contributed by atoms with E-state index in [9.17, 15) is 14.4 Å². The Morgan fingerprint density at radius 1 is 1.10 bits per heavy atom. The summed E-state index contributed by atoms with van der Waals surface area (Å²) >= 11 is 0. The number of amides is 1. The molecule has 1 amide bonds. The highest BCUT2D eigenvalue weighted by Crippen LogP contribution is 2.25. The van der Waals surface area contributed by atoms with E-state index in [2.05, 4.69) is 5.32 Å². The van der Waals surface area contributed by atoms with Crippen molar-refractivity contribution in [3.05, 3.63) is 61.9 Å². The van der Waals surface area contributed by atoms with Gasteiger partial charge >= 0.3 is 6.09 Å². The van der Waals surface area contributed by atoms with Crippen LogP contribution in [0.5, 0.6) is 0 Å². The zero-order chi connectivity index (χ0) is 15.6. The van der Waals surface area contributed by atoms with Crippen molar-refractivity contribution in [2.24, 2.45) is 0 Å². The normalized spacial score (nSPS) is 11.4. The standard InChI is InChI=1S/C16H17NO4/c1-16(2,3)11-12(14(19)13(11)18)17-15(20)21-9-10-7-5-4-6-8-10/h4-8H,9H2,1-3H3,(H,17,20). The fourth-order valence-electron chi connectivity index (χ4n) is 2.09. The van der Waals surface area contributed by atoms with Crippen molar-refractivity contribution < 1.29 is 9.53 Å². The molecule has 0 radical (unpaired) electrons. The van der Waals surface area contributed by atoms with Crippen LogP contribution in [-0.2, 0) is 16.8 Å². The molecule has 1 N–H and O–H groups in total. The van der Waals surface area contributed by atoms with E-state index < -0.39 is 22.4 Å². The maximum absolute atomic E-state index is 11.7. The molecule has 2 aromatic carbocycles. The maximum Gasteiger partial charge on any atom is 0.412 e.